The number of amides is 1. The first kappa shape index (κ1) is 16.5. The van der Waals surface area contributed by atoms with Gasteiger partial charge < -0.3 is 9.15 Å². The summed E-state index contributed by atoms with van der Waals surface area (Å²) in [6.07, 6.45) is 5.15. The van der Waals surface area contributed by atoms with Crippen LogP contribution in [0.3, 0.4) is 0 Å². The minimum absolute atomic E-state index is 0.195. The van der Waals surface area contributed by atoms with Crippen LogP contribution in [0.4, 0.5) is 9.52 Å². The number of carbonyl (C=O) groups excluding carboxylic acids is 1. The number of ether oxygens (including phenoxy) is 1. The molecule has 7 heteroatoms. The van der Waals surface area contributed by atoms with Gasteiger partial charge in [-0.05, 0) is 44.2 Å². The summed E-state index contributed by atoms with van der Waals surface area (Å²) in [5.74, 6) is 0.00609. The van der Waals surface area contributed by atoms with E-state index in [1.807, 2.05) is 26.0 Å². The summed E-state index contributed by atoms with van der Waals surface area (Å²) < 4.78 is 25.1. The van der Waals surface area contributed by atoms with Gasteiger partial charge in [-0.2, -0.15) is 0 Å². The van der Waals surface area contributed by atoms with Crippen LogP contribution < -0.4 is 10.1 Å². The van der Waals surface area contributed by atoms with E-state index in [2.05, 4.69) is 10.3 Å². The lowest BCUT2D eigenvalue weighted by Gasteiger charge is -2.29. The maximum absolute atomic E-state index is 14.0. The van der Waals surface area contributed by atoms with Gasteiger partial charge in [-0.15, -0.1) is 11.3 Å². The first-order chi connectivity index (χ1) is 12.4. The Hall–Kier alpha value is -2.93. The third kappa shape index (κ3) is 3.13. The first-order valence-corrected chi connectivity index (χ1v) is 8.82. The summed E-state index contributed by atoms with van der Waals surface area (Å²) >= 11 is 1.25. The average molecular weight is 370 g/mol. The Labute approximate surface area is 153 Å². The van der Waals surface area contributed by atoms with Crippen molar-refractivity contribution in [3.63, 3.8) is 0 Å². The highest BCUT2D eigenvalue weighted by atomic mass is 32.1. The molecule has 26 heavy (non-hydrogen) atoms. The first-order valence-electron chi connectivity index (χ1n) is 7.94. The fourth-order valence-electron chi connectivity index (χ4n) is 2.65. The fraction of sp³-hybridized carbons (Fsp3) is 0.158. The molecule has 0 saturated heterocycles. The van der Waals surface area contributed by atoms with Crippen molar-refractivity contribution in [2.45, 2.75) is 19.4 Å². The molecule has 1 aliphatic heterocycles. The van der Waals surface area contributed by atoms with Crippen LogP contribution in [0.15, 0.2) is 46.4 Å². The van der Waals surface area contributed by atoms with E-state index in [1.165, 1.54) is 29.7 Å². The van der Waals surface area contributed by atoms with E-state index < -0.39 is 11.5 Å². The van der Waals surface area contributed by atoms with Crippen molar-refractivity contribution in [1.82, 2.24) is 4.98 Å². The predicted molar refractivity (Wildman–Crippen MR) is 97.9 cm³/mol. The number of hydrogen-bond acceptors (Lipinski definition) is 5. The summed E-state index contributed by atoms with van der Waals surface area (Å²) in [6, 6.07) is 6.01. The van der Waals surface area contributed by atoms with Crippen molar-refractivity contribution in [2.75, 3.05) is 5.32 Å². The molecule has 0 radical (unpaired) electrons. The van der Waals surface area contributed by atoms with Crippen LogP contribution in [0.5, 0.6) is 5.75 Å². The van der Waals surface area contributed by atoms with Crippen molar-refractivity contribution in [3.8, 4) is 17.0 Å². The second-order valence-corrected chi connectivity index (χ2v) is 7.24. The molecule has 5 nitrogen and oxygen atoms in total. The maximum atomic E-state index is 14.0. The van der Waals surface area contributed by atoms with Crippen LogP contribution in [0.2, 0.25) is 0 Å². The molecule has 0 bridgehead atoms. The average Bonchev–Trinajstić information content (AvgIpc) is 3.25. The molecule has 0 spiro atoms. The van der Waals surface area contributed by atoms with Crippen LogP contribution in [-0.4, -0.2) is 16.5 Å². The maximum Gasteiger partial charge on any atom is 0.293 e. The Bertz CT molecular complexity index is 1010. The minimum atomic E-state index is -0.494. The van der Waals surface area contributed by atoms with Crippen molar-refractivity contribution in [2.24, 2.45) is 0 Å². The van der Waals surface area contributed by atoms with Gasteiger partial charge in [0.05, 0.1) is 12.0 Å². The normalized spacial score (nSPS) is 14.6. The van der Waals surface area contributed by atoms with E-state index in [0.29, 0.717) is 27.7 Å². The van der Waals surface area contributed by atoms with Crippen LogP contribution in [0.25, 0.3) is 17.3 Å². The van der Waals surface area contributed by atoms with E-state index in [0.717, 1.165) is 0 Å². The van der Waals surface area contributed by atoms with Gasteiger partial charge in [0.25, 0.3) is 5.91 Å². The quantitative estimate of drug-likeness (QED) is 0.706. The van der Waals surface area contributed by atoms with E-state index in [4.69, 9.17) is 9.15 Å². The Kier molecular flexibility index (Phi) is 3.88. The van der Waals surface area contributed by atoms with E-state index >= 15 is 0 Å². The number of halogens is 1. The van der Waals surface area contributed by atoms with Gasteiger partial charge in [-0.1, -0.05) is 6.08 Å². The Morgan fingerprint density at radius 2 is 2.19 bits per heavy atom. The number of fused-ring (bicyclic) bond motifs is 1. The molecule has 0 atom stereocenters. The summed E-state index contributed by atoms with van der Waals surface area (Å²) in [5, 5.41) is 4.82. The fourth-order valence-corrected chi connectivity index (χ4v) is 3.36. The number of aromatic nitrogens is 1. The molecule has 0 saturated carbocycles. The third-order valence-corrected chi connectivity index (χ3v) is 4.62. The zero-order valence-corrected chi connectivity index (χ0v) is 14.9. The van der Waals surface area contributed by atoms with Crippen LogP contribution in [-0.2, 0) is 0 Å². The number of nitrogens with one attached hydrogen (secondary N) is 1. The summed E-state index contributed by atoms with van der Waals surface area (Å²) in [5.41, 5.74) is 1.25. The molecule has 1 aliphatic rings. The number of benzene rings is 1. The van der Waals surface area contributed by atoms with Gasteiger partial charge in [-0.25, -0.2) is 9.37 Å². The van der Waals surface area contributed by atoms with Crippen LogP contribution in [0, 0.1) is 5.82 Å². The highest BCUT2D eigenvalue weighted by Crippen LogP contribution is 2.41. The molecular formula is C19H15FN2O3S. The summed E-state index contributed by atoms with van der Waals surface area (Å²) in [4.78, 5) is 16.5. The van der Waals surface area contributed by atoms with E-state index in [-0.39, 0.29) is 11.6 Å². The van der Waals surface area contributed by atoms with Gasteiger partial charge in [-0.3, -0.25) is 10.1 Å². The standard InChI is InChI=1S/C19H15FN2O3S/c1-19(2)6-5-11-8-12(20)9-13(16(11)25-19)14-10-26-18(21-14)22-17(23)15-4-3-7-24-15/h3-10H,1-2H3,(H,21,22,23). The molecule has 3 aromatic rings. The molecule has 0 fully saturated rings. The van der Waals surface area contributed by atoms with Crippen molar-refractivity contribution in [3.05, 3.63) is 59.1 Å². The SMILES string of the molecule is CC1(C)C=Cc2cc(F)cc(-c3csc(NC(=O)c4ccco4)n3)c2O1. The van der Waals surface area contributed by atoms with Crippen LogP contribution in [0.1, 0.15) is 30.0 Å². The Morgan fingerprint density at radius 1 is 1.35 bits per heavy atom. The van der Waals surface area contributed by atoms with Gasteiger partial charge in [0, 0.05) is 16.5 Å². The number of furan rings is 1. The Morgan fingerprint density at radius 3 is 2.96 bits per heavy atom. The van der Waals surface area contributed by atoms with Gasteiger partial charge in [0.1, 0.15) is 17.2 Å². The minimum Gasteiger partial charge on any atom is -0.482 e. The smallest absolute Gasteiger partial charge is 0.293 e. The molecule has 3 heterocycles. The zero-order chi connectivity index (χ0) is 18.3. The molecule has 1 N–H and O–H groups in total. The van der Waals surface area contributed by atoms with E-state index in [1.54, 1.807) is 17.5 Å². The molecule has 0 unspecified atom stereocenters. The van der Waals surface area contributed by atoms with Gasteiger partial charge >= 0.3 is 0 Å². The second-order valence-electron chi connectivity index (χ2n) is 6.38. The molecule has 1 aromatic carbocycles. The summed E-state index contributed by atoms with van der Waals surface area (Å²) in [6.45, 7) is 3.85. The largest absolute Gasteiger partial charge is 0.482 e. The lowest BCUT2D eigenvalue weighted by atomic mass is 9.98. The number of hydrogen-bond donors (Lipinski definition) is 1. The van der Waals surface area contributed by atoms with Gasteiger partial charge in [0.15, 0.2) is 10.9 Å². The summed E-state index contributed by atoms with van der Waals surface area (Å²) in [7, 11) is 0. The number of carbonyl (C=O) groups is 1. The lowest BCUT2D eigenvalue weighted by molar-refractivity contribution is 0.0996. The molecular weight excluding hydrogens is 355 g/mol. The number of thiazole rings is 1. The molecule has 132 valence electrons. The third-order valence-electron chi connectivity index (χ3n) is 3.86. The zero-order valence-electron chi connectivity index (χ0n) is 14.1. The molecule has 0 aliphatic carbocycles. The highest BCUT2D eigenvalue weighted by molar-refractivity contribution is 7.14. The van der Waals surface area contributed by atoms with E-state index in [9.17, 15) is 9.18 Å². The second kappa shape index (κ2) is 6.10. The van der Waals surface area contributed by atoms with Crippen molar-refractivity contribution < 1.29 is 18.3 Å². The van der Waals surface area contributed by atoms with Crippen molar-refractivity contribution >= 4 is 28.5 Å². The Balaban J connectivity index is 1.67. The molecule has 1 amide bonds. The topological polar surface area (TPSA) is 64.4 Å². The predicted octanol–water partition coefficient (Wildman–Crippen LogP) is 4.98. The number of rotatable bonds is 3. The molecule has 2 aromatic heterocycles. The molecule has 4 rings (SSSR count). The number of nitrogens with zero attached hydrogens (tertiary/aromatic N) is 1. The highest BCUT2D eigenvalue weighted by Gasteiger charge is 2.26. The number of anilines is 1. The lowest BCUT2D eigenvalue weighted by Crippen LogP contribution is -2.27. The van der Waals surface area contributed by atoms with Crippen LogP contribution >= 0.6 is 11.3 Å². The van der Waals surface area contributed by atoms with Gasteiger partial charge in [0.2, 0.25) is 0 Å². The van der Waals surface area contributed by atoms with Crippen molar-refractivity contribution in [1.29, 1.82) is 0 Å². The monoisotopic (exact) mass is 370 g/mol.